The second kappa shape index (κ2) is 9.43. The zero-order valence-electron chi connectivity index (χ0n) is 15.5. The van der Waals surface area contributed by atoms with Crippen LogP contribution in [0.1, 0.15) is 12.5 Å². The van der Waals surface area contributed by atoms with Crippen molar-refractivity contribution >= 4 is 5.91 Å². The number of amides is 1. The van der Waals surface area contributed by atoms with E-state index in [-0.39, 0.29) is 18.2 Å². The second-order valence-corrected chi connectivity index (χ2v) is 6.49. The average molecular weight is 372 g/mol. The summed E-state index contributed by atoms with van der Waals surface area (Å²) in [5, 5.41) is 2.90. The predicted octanol–water partition coefficient (Wildman–Crippen LogP) is 2.27. The number of nitrogens with zero attached hydrogens (tertiary/aromatic N) is 3. The minimum Gasteiger partial charge on any atom is -0.436 e. The van der Waals surface area contributed by atoms with Gasteiger partial charge in [0, 0.05) is 44.5 Å². The fourth-order valence-electron chi connectivity index (χ4n) is 3.00. The Hall–Kier alpha value is -2.51. The summed E-state index contributed by atoms with van der Waals surface area (Å²) in [7, 11) is 0. The van der Waals surface area contributed by atoms with E-state index in [0.717, 1.165) is 32.7 Å². The maximum atomic E-state index is 13.8. The lowest BCUT2D eigenvalue weighted by molar-refractivity contribution is -0.122. The van der Waals surface area contributed by atoms with Gasteiger partial charge in [0.1, 0.15) is 0 Å². The Bertz CT molecular complexity index is 763. The van der Waals surface area contributed by atoms with Crippen molar-refractivity contribution in [3.63, 3.8) is 0 Å². The number of piperazine rings is 1. The Kier molecular flexibility index (Phi) is 6.73. The molecule has 27 heavy (non-hydrogen) atoms. The number of ether oxygens (including phenoxy) is 1. The smallest absolute Gasteiger partial charge is 0.234 e. The third-order valence-electron chi connectivity index (χ3n) is 4.65. The number of rotatable bonds is 7. The molecule has 1 N–H and O–H groups in total. The summed E-state index contributed by atoms with van der Waals surface area (Å²) in [4.78, 5) is 21.0. The van der Waals surface area contributed by atoms with Gasteiger partial charge < -0.3 is 15.0 Å². The van der Waals surface area contributed by atoms with Crippen LogP contribution in [0.3, 0.4) is 0 Å². The quantitative estimate of drug-likeness (QED) is 0.808. The summed E-state index contributed by atoms with van der Waals surface area (Å²) in [6, 6.07) is 9.74. The van der Waals surface area contributed by atoms with E-state index in [4.69, 9.17) is 4.74 Å². The van der Waals surface area contributed by atoms with Crippen molar-refractivity contribution in [3.05, 3.63) is 54.0 Å². The molecule has 0 aliphatic carbocycles. The molecule has 1 aliphatic rings. The van der Waals surface area contributed by atoms with Gasteiger partial charge in [-0.25, -0.2) is 9.37 Å². The minimum absolute atomic E-state index is 0.0411. The Morgan fingerprint density at radius 2 is 1.89 bits per heavy atom. The van der Waals surface area contributed by atoms with Crippen molar-refractivity contribution in [2.45, 2.75) is 13.5 Å². The highest BCUT2D eigenvalue weighted by Gasteiger charge is 2.18. The molecule has 0 bridgehead atoms. The maximum Gasteiger partial charge on any atom is 0.234 e. The van der Waals surface area contributed by atoms with E-state index in [2.05, 4.69) is 27.0 Å². The molecule has 2 heterocycles. The summed E-state index contributed by atoms with van der Waals surface area (Å²) < 4.78 is 19.4. The van der Waals surface area contributed by atoms with Gasteiger partial charge in [0.2, 0.25) is 11.8 Å². The summed E-state index contributed by atoms with van der Waals surface area (Å²) in [6.07, 6.45) is 1.58. The van der Waals surface area contributed by atoms with Crippen molar-refractivity contribution in [1.82, 2.24) is 20.1 Å². The summed E-state index contributed by atoms with van der Waals surface area (Å²) in [5.74, 6) is -0.0953. The number of aromatic nitrogens is 1. The highest BCUT2D eigenvalue weighted by molar-refractivity contribution is 5.78. The number of carbonyl (C=O) groups excluding carboxylic acids is 1. The highest BCUT2D eigenvalue weighted by Crippen LogP contribution is 2.25. The molecule has 1 aromatic heterocycles. The molecular weight excluding hydrogens is 347 g/mol. The van der Waals surface area contributed by atoms with Crippen LogP contribution in [-0.2, 0) is 11.3 Å². The van der Waals surface area contributed by atoms with Gasteiger partial charge in [-0.05, 0) is 24.7 Å². The number of likely N-dealkylation sites (N-methyl/N-ethyl adjacent to an activating group) is 1. The van der Waals surface area contributed by atoms with Crippen LogP contribution in [0.25, 0.3) is 0 Å². The number of pyridine rings is 1. The fraction of sp³-hybridized carbons (Fsp3) is 0.400. The molecule has 0 radical (unpaired) electrons. The molecule has 2 aromatic rings. The molecule has 1 amide bonds. The van der Waals surface area contributed by atoms with Gasteiger partial charge in [0.05, 0.1) is 6.54 Å². The van der Waals surface area contributed by atoms with Crippen LogP contribution >= 0.6 is 0 Å². The lowest BCUT2D eigenvalue weighted by Gasteiger charge is -2.33. The Morgan fingerprint density at radius 1 is 1.15 bits per heavy atom. The number of nitrogens with one attached hydrogen (secondary N) is 1. The number of para-hydroxylation sites is 1. The first-order valence-corrected chi connectivity index (χ1v) is 9.23. The fourth-order valence-corrected chi connectivity index (χ4v) is 3.00. The summed E-state index contributed by atoms with van der Waals surface area (Å²) in [5.41, 5.74) is 0.699. The normalized spacial score (nSPS) is 15.5. The first-order valence-electron chi connectivity index (χ1n) is 9.23. The lowest BCUT2D eigenvalue weighted by Crippen LogP contribution is -2.49. The van der Waals surface area contributed by atoms with E-state index in [1.165, 1.54) is 6.07 Å². The van der Waals surface area contributed by atoms with Crippen molar-refractivity contribution in [2.24, 2.45) is 0 Å². The Balaban J connectivity index is 1.54. The summed E-state index contributed by atoms with van der Waals surface area (Å²) >= 11 is 0. The van der Waals surface area contributed by atoms with Crippen molar-refractivity contribution < 1.29 is 13.9 Å². The van der Waals surface area contributed by atoms with Crippen LogP contribution in [0.4, 0.5) is 4.39 Å². The highest BCUT2D eigenvalue weighted by atomic mass is 19.1. The Labute approximate surface area is 158 Å². The number of hydrogen-bond donors (Lipinski definition) is 1. The molecule has 0 spiro atoms. The maximum absolute atomic E-state index is 13.8. The van der Waals surface area contributed by atoms with Gasteiger partial charge in [0.25, 0.3) is 0 Å². The van der Waals surface area contributed by atoms with E-state index in [1.807, 2.05) is 6.07 Å². The first-order chi connectivity index (χ1) is 13.2. The standard InChI is InChI=1S/C20H25FN4O2/c1-2-24-10-12-25(13-11-24)15-19(26)23-14-16-6-5-9-22-20(16)27-18-8-4-3-7-17(18)21/h3-9H,2,10-15H2,1H3,(H,23,26). The minimum atomic E-state index is -0.454. The van der Waals surface area contributed by atoms with Gasteiger partial charge in [0.15, 0.2) is 11.6 Å². The van der Waals surface area contributed by atoms with E-state index in [9.17, 15) is 9.18 Å². The molecule has 7 heteroatoms. The average Bonchev–Trinajstić information content (AvgIpc) is 2.69. The zero-order valence-corrected chi connectivity index (χ0v) is 15.5. The molecule has 1 aliphatic heterocycles. The molecule has 1 saturated heterocycles. The molecule has 0 atom stereocenters. The van der Waals surface area contributed by atoms with Gasteiger partial charge in [-0.1, -0.05) is 25.1 Å². The third kappa shape index (κ3) is 5.48. The molecule has 3 rings (SSSR count). The number of benzene rings is 1. The summed E-state index contributed by atoms with van der Waals surface area (Å²) in [6.45, 7) is 7.64. The van der Waals surface area contributed by atoms with Crippen LogP contribution in [0.15, 0.2) is 42.6 Å². The van der Waals surface area contributed by atoms with Crippen LogP contribution in [0.5, 0.6) is 11.6 Å². The van der Waals surface area contributed by atoms with Crippen molar-refractivity contribution in [1.29, 1.82) is 0 Å². The van der Waals surface area contributed by atoms with E-state index in [0.29, 0.717) is 18.0 Å². The van der Waals surface area contributed by atoms with Gasteiger partial charge in [-0.3, -0.25) is 9.69 Å². The van der Waals surface area contributed by atoms with Gasteiger partial charge in [-0.2, -0.15) is 0 Å². The third-order valence-corrected chi connectivity index (χ3v) is 4.65. The number of carbonyl (C=O) groups is 1. The molecule has 0 saturated carbocycles. The van der Waals surface area contributed by atoms with Gasteiger partial charge in [-0.15, -0.1) is 0 Å². The van der Waals surface area contributed by atoms with Crippen LogP contribution in [-0.4, -0.2) is 60.0 Å². The van der Waals surface area contributed by atoms with Crippen LogP contribution in [0.2, 0.25) is 0 Å². The monoisotopic (exact) mass is 372 g/mol. The molecule has 144 valence electrons. The first kappa shape index (κ1) is 19.3. The Morgan fingerprint density at radius 3 is 2.63 bits per heavy atom. The second-order valence-electron chi connectivity index (χ2n) is 6.49. The topological polar surface area (TPSA) is 57.7 Å². The van der Waals surface area contributed by atoms with Gasteiger partial charge >= 0.3 is 0 Å². The molecular formula is C20H25FN4O2. The number of halogens is 1. The molecule has 1 aromatic carbocycles. The lowest BCUT2D eigenvalue weighted by atomic mass is 10.2. The van der Waals surface area contributed by atoms with Crippen molar-refractivity contribution in [3.8, 4) is 11.6 Å². The number of hydrogen-bond acceptors (Lipinski definition) is 5. The molecule has 1 fully saturated rings. The zero-order chi connectivity index (χ0) is 19.1. The van der Waals surface area contributed by atoms with Crippen molar-refractivity contribution in [2.75, 3.05) is 39.3 Å². The SMILES string of the molecule is CCN1CCN(CC(=O)NCc2cccnc2Oc2ccccc2F)CC1. The van der Waals surface area contributed by atoms with Crippen LogP contribution < -0.4 is 10.1 Å². The largest absolute Gasteiger partial charge is 0.436 e. The predicted molar refractivity (Wildman–Crippen MR) is 101 cm³/mol. The van der Waals surface area contributed by atoms with E-state index < -0.39 is 5.82 Å². The van der Waals surface area contributed by atoms with E-state index in [1.54, 1.807) is 30.5 Å². The molecule has 6 nitrogen and oxygen atoms in total. The van der Waals surface area contributed by atoms with Crippen LogP contribution in [0, 0.1) is 5.82 Å². The molecule has 0 unspecified atom stereocenters. The van der Waals surface area contributed by atoms with E-state index >= 15 is 0 Å².